The van der Waals surface area contributed by atoms with Gasteiger partial charge in [0.2, 0.25) is 0 Å². The van der Waals surface area contributed by atoms with Crippen LogP contribution in [0.3, 0.4) is 0 Å². The fraction of sp³-hybridized carbons (Fsp3) is 0.211. The maximum Gasteiger partial charge on any atom is 0.257 e. The quantitative estimate of drug-likeness (QED) is 0.851. The van der Waals surface area contributed by atoms with E-state index in [-0.39, 0.29) is 5.91 Å². The fourth-order valence-electron chi connectivity index (χ4n) is 3.23. The van der Waals surface area contributed by atoms with E-state index in [2.05, 4.69) is 21.2 Å². The molecule has 0 aromatic heterocycles. The topological polar surface area (TPSA) is 35.6 Å². The summed E-state index contributed by atoms with van der Waals surface area (Å²) >= 11 is 6.08. The SMILES string of the molecule is O=C1Nc2ccccc2/C1=C\N1CCN(c2cccc(Cl)c2)CC1. The van der Waals surface area contributed by atoms with Gasteiger partial charge in [-0.1, -0.05) is 35.9 Å². The van der Waals surface area contributed by atoms with Crippen LogP contribution in [0.1, 0.15) is 5.56 Å². The molecule has 0 unspecified atom stereocenters. The second kappa shape index (κ2) is 6.21. The molecule has 4 rings (SSSR count). The van der Waals surface area contributed by atoms with Gasteiger partial charge in [0.15, 0.2) is 0 Å². The number of halogens is 1. The van der Waals surface area contributed by atoms with Crippen LogP contribution in [0.2, 0.25) is 5.02 Å². The average Bonchev–Trinajstić information content (AvgIpc) is 2.91. The summed E-state index contributed by atoms with van der Waals surface area (Å²) in [4.78, 5) is 16.7. The van der Waals surface area contributed by atoms with E-state index >= 15 is 0 Å². The van der Waals surface area contributed by atoms with Crippen LogP contribution in [0.25, 0.3) is 5.57 Å². The Bertz CT molecular complexity index is 810. The van der Waals surface area contributed by atoms with Gasteiger partial charge in [0, 0.05) is 54.3 Å². The van der Waals surface area contributed by atoms with E-state index in [1.165, 1.54) is 0 Å². The predicted octanol–water partition coefficient (Wildman–Crippen LogP) is 3.46. The second-order valence-electron chi connectivity index (χ2n) is 6.05. The summed E-state index contributed by atoms with van der Waals surface area (Å²) in [7, 11) is 0. The summed E-state index contributed by atoms with van der Waals surface area (Å²) in [5, 5.41) is 3.68. The molecule has 0 spiro atoms. The van der Waals surface area contributed by atoms with Gasteiger partial charge in [-0.15, -0.1) is 0 Å². The van der Waals surface area contributed by atoms with Crippen LogP contribution in [0.15, 0.2) is 54.7 Å². The monoisotopic (exact) mass is 339 g/mol. The minimum Gasteiger partial charge on any atom is -0.373 e. The number of nitrogens with zero attached hydrogens (tertiary/aromatic N) is 2. The van der Waals surface area contributed by atoms with E-state index in [1.54, 1.807) is 0 Å². The van der Waals surface area contributed by atoms with Crippen molar-refractivity contribution in [1.82, 2.24) is 4.90 Å². The lowest BCUT2D eigenvalue weighted by Crippen LogP contribution is -2.44. The van der Waals surface area contributed by atoms with Crippen molar-refractivity contribution >= 4 is 34.5 Å². The molecule has 2 aromatic carbocycles. The van der Waals surface area contributed by atoms with Gasteiger partial charge in [-0.3, -0.25) is 4.79 Å². The van der Waals surface area contributed by atoms with Gasteiger partial charge in [-0.2, -0.15) is 0 Å². The third-order valence-electron chi connectivity index (χ3n) is 4.51. The summed E-state index contributed by atoms with van der Waals surface area (Å²) < 4.78 is 0. The molecule has 24 heavy (non-hydrogen) atoms. The number of amides is 1. The minimum atomic E-state index is -0.0199. The van der Waals surface area contributed by atoms with E-state index in [0.29, 0.717) is 0 Å². The first kappa shape index (κ1) is 15.1. The van der Waals surface area contributed by atoms with Crippen LogP contribution in [-0.2, 0) is 4.79 Å². The average molecular weight is 340 g/mol. The Morgan fingerprint density at radius 1 is 1.00 bits per heavy atom. The molecule has 5 heteroatoms. The number of hydrogen-bond acceptors (Lipinski definition) is 3. The molecular formula is C19H18ClN3O. The van der Waals surface area contributed by atoms with Crippen LogP contribution >= 0.6 is 11.6 Å². The lowest BCUT2D eigenvalue weighted by molar-refractivity contribution is -0.110. The minimum absolute atomic E-state index is 0.0199. The summed E-state index contributed by atoms with van der Waals surface area (Å²) in [5.74, 6) is -0.0199. The number of anilines is 2. The lowest BCUT2D eigenvalue weighted by Gasteiger charge is -2.35. The molecular weight excluding hydrogens is 322 g/mol. The zero-order valence-electron chi connectivity index (χ0n) is 13.2. The van der Waals surface area contributed by atoms with Gasteiger partial charge in [0.25, 0.3) is 5.91 Å². The molecule has 0 saturated carbocycles. The number of carbonyl (C=O) groups excluding carboxylic acids is 1. The summed E-state index contributed by atoms with van der Waals surface area (Å²) in [6.45, 7) is 3.58. The Morgan fingerprint density at radius 3 is 2.58 bits per heavy atom. The van der Waals surface area contributed by atoms with Crippen LogP contribution in [0, 0.1) is 0 Å². The van der Waals surface area contributed by atoms with E-state index in [1.807, 2.05) is 48.7 Å². The van der Waals surface area contributed by atoms with Crippen LogP contribution < -0.4 is 10.2 Å². The largest absolute Gasteiger partial charge is 0.373 e. The molecule has 0 bridgehead atoms. The number of rotatable bonds is 2. The predicted molar refractivity (Wildman–Crippen MR) is 98.3 cm³/mol. The Hall–Kier alpha value is -2.46. The molecule has 4 nitrogen and oxygen atoms in total. The highest BCUT2D eigenvalue weighted by atomic mass is 35.5. The van der Waals surface area contributed by atoms with Crippen molar-refractivity contribution in [2.24, 2.45) is 0 Å². The summed E-state index contributed by atoms with van der Waals surface area (Å²) in [6, 6.07) is 15.8. The molecule has 2 aromatic rings. The highest BCUT2D eigenvalue weighted by Gasteiger charge is 2.25. The lowest BCUT2D eigenvalue weighted by atomic mass is 10.1. The molecule has 2 heterocycles. The van der Waals surface area contributed by atoms with Gasteiger partial charge in [0.05, 0.1) is 5.57 Å². The Morgan fingerprint density at radius 2 is 1.79 bits per heavy atom. The van der Waals surface area contributed by atoms with E-state index in [0.717, 1.165) is 53.7 Å². The smallest absolute Gasteiger partial charge is 0.257 e. The zero-order chi connectivity index (χ0) is 16.5. The number of hydrogen-bond donors (Lipinski definition) is 1. The van der Waals surface area contributed by atoms with E-state index in [4.69, 9.17) is 11.6 Å². The Labute approximate surface area is 146 Å². The molecule has 0 radical (unpaired) electrons. The number of carbonyl (C=O) groups is 1. The van der Waals surface area contributed by atoms with Crippen molar-refractivity contribution in [2.45, 2.75) is 0 Å². The maximum absolute atomic E-state index is 12.2. The van der Waals surface area contributed by atoms with Crippen molar-refractivity contribution in [3.63, 3.8) is 0 Å². The third-order valence-corrected chi connectivity index (χ3v) is 4.74. The fourth-order valence-corrected chi connectivity index (χ4v) is 3.42. The number of benzene rings is 2. The van der Waals surface area contributed by atoms with Gasteiger partial charge in [0.1, 0.15) is 0 Å². The van der Waals surface area contributed by atoms with Crippen molar-refractivity contribution in [3.8, 4) is 0 Å². The standard InChI is InChI=1S/C19H18ClN3O/c20-14-4-3-5-15(12-14)23-10-8-22(9-11-23)13-17-16-6-1-2-7-18(16)21-19(17)24/h1-7,12-13H,8-11H2,(H,21,24)/b17-13+. The van der Waals surface area contributed by atoms with Crippen molar-refractivity contribution in [1.29, 1.82) is 0 Å². The molecule has 2 aliphatic rings. The number of nitrogens with one attached hydrogen (secondary N) is 1. The highest BCUT2D eigenvalue weighted by Crippen LogP contribution is 2.31. The third kappa shape index (κ3) is 2.85. The Balaban J connectivity index is 1.48. The van der Waals surface area contributed by atoms with Crippen molar-refractivity contribution in [2.75, 3.05) is 36.4 Å². The summed E-state index contributed by atoms with van der Waals surface area (Å²) in [6.07, 6.45) is 2.00. The van der Waals surface area contributed by atoms with Crippen LogP contribution in [0.5, 0.6) is 0 Å². The molecule has 0 atom stereocenters. The number of para-hydroxylation sites is 1. The molecule has 1 amide bonds. The highest BCUT2D eigenvalue weighted by molar-refractivity contribution is 6.31. The molecule has 1 saturated heterocycles. The second-order valence-corrected chi connectivity index (χ2v) is 6.48. The number of piperazine rings is 1. The van der Waals surface area contributed by atoms with E-state index < -0.39 is 0 Å². The van der Waals surface area contributed by atoms with Crippen molar-refractivity contribution < 1.29 is 4.79 Å². The first-order chi connectivity index (χ1) is 11.7. The van der Waals surface area contributed by atoms with Crippen molar-refractivity contribution in [3.05, 3.63) is 65.3 Å². The van der Waals surface area contributed by atoms with Crippen LogP contribution in [0.4, 0.5) is 11.4 Å². The normalized spacial score (nSPS) is 18.7. The van der Waals surface area contributed by atoms with Crippen LogP contribution in [-0.4, -0.2) is 37.0 Å². The van der Waals surface area contributed by atoms with E-state index in [9.17, 15) is 4.79 Å². The molecule has 122 valence electrons. The van der Waals surface area contributed by atoms with Gasteiger partial charge < -0.3 is 15.1 Å². The maximum atomic E-state index is 12.2. The van der Waals surface area contributed by atoms with Gasteiger partial charge >= 0.3 is 0 Å². The first-order valence-electron chi connectivity index (χ1n) is 8.08. The van der Waals surface area contributed by atoms with Gasteiger partial charge in [-0.25, -0.2) is 0 Å². The molecule has 1 N–H and O–H groups in total. The summed E-state index contributed by atoms with van der Waals surface area (Å²) in [5.41, 5.74) is 3.78. The molecule has 1 fully saturated rings. The number of fused-ring (bicyclic) bond motifs is 1. The Kier molecular flexibility index (Phi) is 3.90. The van der Waals surface area contributed by atoms with Gasteiger partial charge in [-0.05, 0) is 24.3 Å². The first-order valence-corrected chi connectivity index (χ1v) is 8.46. The molecule has 0 aliphatic carbocycles. The molecule has 2 aliphatic heterocycles. The zero-order valence-corrected chi connectivity index (χ0v) is 14.0.